The van der Waals surface area contributed by atoms with Crippen LogP contribution in [0.1, 0.15) is 11.1 Å². The summed E-state index contributed by atoms with van der Waals surface area (Å²) in [6, 6.07) is 12.4. The van der Waals surface area contributed by atoms with Crippen molar-refractivity contribution in [3.63, 3.8) is 0 Å². The van der Waals surface area contributed by atoms with Gasteiger partial charge in [0.05, 0.1) is 0 Å². The Morgan fingerprint density at radius 2 is 1.39 bits per heavy atom. The summed E-state index contributed by atoms with van der Waals surface area (Å²) in [5, 5.41) is 0. The highest BCUT2D eigenvalue weighted by Crippen LogP contribution is 2.31. The number of hydrogen-bond donors (Lipinski definition) is 3. The second-order valence-electron chi connectivity index (χ2n) is 5.35. The Kier molecular flexibility index (Phi) is 6.14. The van der Waals surface area contributed by atoms with Gasteiger partial charge < -0.3 is 10.6 Å². The third-order valence-electron chi connectivity index (χ3n) is 3.46. The average Bonchev–Trinajstić information content (AvgIpc) is 2.41. The van der Waals surface area contributed by atoms with Crippen LogP contribution in [-0.2, 0) is 10.4 Å². The maximum atomic E-state index is 8.74. The molecule has 0 heterocycles. The summed E-state index contributed by atoms with van der Waals surface area (Å²) in [6.07, 6.45) is 0. The fraction of sp³-hybridized carbons (Fsp3) is 0.250. The number of nitrogen functional groups attached to an aromatic ring is 1. The average molecular weight is 338 g/mol. The standard InChI is InChI=1S/C16H20N2.H2O4S/c1-11-12(2)16(18(3)4)10-9-15(11)13-5-7-14(17)8-6-13;1-5(2,3)4/h5-10H,17H2,1-4H3;(H2,1,2,3,4). The van der Waals surface area contributed by atoms with E-state index in [-0.39, 0.29) is 0 Å². The number of anilines is 2. The fourth-order valence-electron chi connectivity index (χ4n) is 2.27. The lowest BCUT2D eigenvalue weighted by Gasteiger charge is -2.19. The minimum Gasteiger partial charge on any atom is -0.399 e. The lowest BCUT2D eigenvalue weighted by atomic mass is 9.95. The molecule has 0 saturated heterocycles. The van der Waals surface area contributed by atoms with Crippen molar-refractivity contribution in [3.8, 4) is 11.1 Å². The van der Waals surface area contributed by atoms with Gasteiger partial charge in [0, 0.05) is 25.5 Å². The van der Waals surface area contributed by atoms with Gasteiger partial charge in [0.1, 0.15) is 0 Å². The third-order valence-corrected chi connectivity index (χ3v) is 3.46. The van der Waals surface area contributed by atoms with E-state index in [1.54, 1.807) is 0 Å². The second-order valence-corrected chi connectivity index (χ2v) is 6.24. The number of hydrogen-bond acceptors (Lipinski definition) is 4. The van der Waals surface area contributed by atoms with Crippen LogP contribution in [0.5, 0.6) is 0 Å². The minimum absolute atomic E-state index is 0.804. The Bertz CT molecular complexity index is 761. The van der Waals surface area contributed by atoms with Crippen LogP contribution >= 0.6 is 0 Å². The van der Waals surface area contributed by atoms with E-state index >= 15 is 0 Å². The van der Waals surface area contributed by atoms with Gasteiger partial charge in [-0.1, -0.05) is 18.2 Å². The molecule has 0 radical (unpaired) electrons. The SMILES string of the molecule is Cc1c(-c2ccc(N)cc2)ccc(N(C)C)c1C.O=S(=O)(O)O. The quantitative estimate of drug-likeness (QED) is 0.574. The summed E-state index contributed by atoms with van der Waals surface area (Å²) in [5.74, 6) is 0. The first-order valence-electron chi connectivity index (χ1n) is 6.84. The van der Waals surface area contributed by atoms with Crippen LogP contribution in [0.4, 0.5) is 11.4 Å². The molecule has 23 heavy (non-hydrogen) atoms. The summed E-state index contributed by atoms with van der Waals surface area (Å²) >= 11 is 0. The number of benzene rings is 2. The minimum atomic E-state index is -4.67. The number of nitrogens with two attached hydrogens (primary N) is 1. The molecule has 0 bridgehead atoms. The Morgan fingerprint density at radius 3 is 1.83 bits per heavy atom. The third kappa shape index (κ3) is 5.90. The van der Waals surface area contributed by atoms with E-state index in [0.717, 1.165) is 5.69 Å². The predicted molar refractivity (Wildman–Crippen MR) is 94.3 cm³/mol. The van der Waals surface area contributed by atoms with Gasteiger partial charge in [0.25, 0.3) is 0 Å². The van der Waals surface area contributed by atoms with Crippen LogP contribution in [0.15, 0.2) is 36.4 Å². The topological polar surface area (TPSA) is 104 Å². The van der Waals surface area contributed by atoms with Crippen molar-refractivity contribution < 1.29 is 17.5 Å². The zero-order valence-corrected chi connectivity index (χ0v) is 14.4. The van der Waals surface area contributed by atoms with E-state index in [4.69, 9.17) is 23.3 Å². The van der Waals surface area contributed by atoms with E-state index in [1.165, 1.54) is 27.9 Å². The van der Waals surface area contributed by atoms with Gasteiger partial charge in [-0.25, -0.2) is 0 Å². The van der Waals surface area contributed by atoms with Gasteiger partial charge in [-0.3, -0.25) is 9.11 Å². The molecule has 0 aliphatic carbocycles. The Balaban J connectivity index is 0.000000463. The summed E-state index contributed by atoms with van der Waals surface area (Å²) < 4.78 is 31.6. The molecule has 0 saturated carbocycles. The highest BCUT2D eigenvalue weighted by atomic mass is 32.3. The van der Waals surface area contributed by atoms with Gasteiger partial charge in [-0.15, -0.1) is 0 Å². The van der Waals surface area contributed by atoms with Crippen molar-refractivity contribution in [1.82, 2.24) is 0 Å². The molecule has 4 N–H and O–H groups in total. The van der Waals surface area contributed by atoms with Crippen LogP contribution in [0.2, 0.25) is 0 Å². The number of nitrogens with zero attached hydrogens (tertiary/aromatic N) is 1. The Labute approximate surface area is 137 Å². The van der Waals surface area contributed by atoms with E-state index in [0.29, 0.717) is 0 Å². The summed E-state index contributed by atoms with van der Waals surface area (Å²) in [7, 11) is -0.519. The van der Waals surface area contributed by atoms with Gasteiger partial charge in [-0.2, -0.15) is 8.42 Å². The molecule has 7 heteroatoms. The van der Waals surface area contributed by atoms with Gasteiger partial charge in [0.15, 0.2) is 0 Å². The maximum absolute atomic E-state index is 8.74. The fourth-order valence-corrected chi connectivity index (χ4v) is 2.27. The van der Waals surface area contributed by atoms with E-state index in [1.807, 2.05) is 12.1 Å². The van der Waals surface area contributed by atoms with E-state index < -0.39 is 10.4 Å². The molecule has 0 spiro atoms. The van der Waals surface area contributed by atoms with E-state index in [2.05, 4.69) is 57.1 Å². The first kappa shape index (κ1) is 19.0. The highest BCUT2D eigenvalue weighted by molar-refractivity contribution is 7.79. The van der Waals surface area contributed by atoms with Crippen LogP contribution in [-0.4, -0.2) is 31.6 Å². The summed E-state index contributed by atoms with van der Waals surface area (Å²) in [4.78, 5) is 2.15. The van der Waals surface area contributed by atoms with Crippen LogP contribution in [0, 0.1) is 13.8 Å². The summed E-state index contributed by atoms with van der Waals surface area (Å²) in [5.41, 5.74) is 13.0. The van der Waals surface area contributed by atoms with Crippen molar-refractivity contribution >= 4 is 21.8 Å². The maximum Gasteiger partial charge on any atom is 0.394 e. The van der Waals surface area contributed by atoms with Crippen molar-refractivity contribution in [2.45, 2.75) is 13.8 Å². The van der Waals surface area contributed by atoms with E-state index in [9.17, 15) is 0 Å². The molecule has 0 fully saturated rings. The molecular weight excluding hydrogens is 316 g/mol. The largest absolute Gasteiger partial charge is 0.399 e. The molecule has 0 unspecified atom stereocenters. The van der Waals surface area contributed by atoms with Crippen molar-refractivity contribution in [1.29, 1.82) is 0 Å². The zero-order chi connectivity index (χ0) is 17.8. The van der Waals surface area contributed by atoms with Crippen LogP contribution < -0.4 is 10.6 Å². The Hall–Kier alpha value is -2.09. The van der Waals surface area contributed by atoms with Crippen molar-refractivity contribution in [2.75, 3.05) is 24.7 Å². The van der Waals surface area contributed by atoms with Crippen molar-refractivity contribution in [2.24, 2.45) is 0 Å². The van der Waals surface area contributed by atoms with Gasteiger partial charge in [-0.05, 0) is 54.3 Å². The Morgan fingerprint density at radius 1 is 0.913 bits per heavy atom. The molecule has 0 aliphatic heterocycles. The smallest absolute Gasteiger partial charge is 0.394 e. The normalized spacial score (nSPS) is 10.7. The first-order chi connectivity index (χ1) is 10.5. The number of rotatable bonds is 2. The lowest BCUT2D eigenvalue weighted by Crippen LogP contribution is -2.11. The molecule has 2 aromatic carbocycles. The van der Waals surface area contributed by atoms with Crippen LogP contribution in [0.3, 0.4) is 0 Å². The molecular formula is C16H22N2O4S. The molecule has 0 atom stereocenters. The van der Waals surface area contributed by atoms with Gasteiger partial charge in [0.2, 0.25) is 0 Å². The second kappa shape index (κ2) is 7.45. The molecule has 0 aromatic heterocycles. The predicted octanol–water partition coefficient (Wildman–Crippen LogP) is 2.97. The zero-order valence-electron chi connectivity index (χ0n) is 13.6. The van der Waals surface area contributed by atoms with Crippen LogP contribution in [0.25, 0.3) is 11.1 Å². The van der Waals surface area contributed by atoms with Crippen molar-refractivity contribution in [3.05, 3.63) is 47.5 Å². The highest BCUT2D eigenvalue weighted by Gasteiger charge is 2.09. The summed E-state index contributed by atoms with van der Waals surface area (Å²) in [6.45, 7) is 4.35. The molecule has 0 amide bonds. The monoisotopic (exact) mass is 338 g/mol. The van der Waals surface area contributed by atoms with Gasteiger partial charge >= 0.3 is 10.4 Å². The molecule has 2 rings (SSSR count). The lowest BCUT2D eigenvalue weighted by molar-refractivity contribution is 0.381. The first-order valence-corrected chi connectivity index (χ1v) is 8.23. The molecule has 126 valence electrons. The molecule has 0 aliphatic rings. The molecule has 6 nitrogen and oxygen atoms in total. The molecule has 2 aromatic rings.